The lowest BCUT2D eigenvalue weighted by Crippen LogP contribution is -2.14. The van der Waals surface area contributed by atoms with Gasteiger partial charge in [0.2, 0.25) is 0 Å². The van der Waals surface area contributed by atoms with Crippen LogP contribution >= 0.6 is 0 Å². The minimum atomic E-state index is 0.461. The lowest BCUT2D eigenvalue weighted by Gasteiger charge is -2.08. The summed E-state index contributed by atoms with van der Waals surface area (Å²) in [5.74, 6) is 1.54. The highest BCUT2D eigenvalue weighted by Crippen LogP contribution is 2.32. The maximum atomic E-state index is 6.07. The zero-order valence-corrected chi connectivity index (χ0v) is 13.7. The van der Waals surface area contributed by atoms with Crippen molar-refractivity contribution >= 4 is 11.0 Å². The van der Waals surface area contributed by atoms with Crippen molar-refractivity contribution in [2.45, 2.75) is 46.1 Å². The third kappa shape index (κ3) is 3.86. The van der Waals surface area contributed by atoms with Gasteiger partial charge in [-0.05, 0) is 43.0 Å². The molecule has 1 aromatic heterocycles. The fourth-order valence-corrected chi connectivity index (χ4v) is 2.73. The van der Waals surface area contributed by atoms with Crippen molar-refractivity contribution < 1.29 is 9.15 Å². The first-order valence-corrected chi connectivity index (χ1v) is 7.91. The van der Waals surface area contributed by atoms with Crippen LogP contribution in [0.4, 0.5) is 0 Å². The first-order chi connectivity index (χ1) is 10.2. The predicted octanol–water partition coefficient (Wildman–Crippen LogP) is 4.24. The number of rotatable bonds is 8. The molecule has 1 N–H and O–H groups in total. The number of ether oxygens (including phenoxy) is 1. The maximum absolute atomic E-state index is 6.07. The average Bonchev–Trinajstić information content (AvgIpc) is 2.83. The third-order valence-corrected chi connectivity index (χ3v) is 3.75. The summed E-state index contributed by atoms with van der Waals surface area (Å²) in [6, 6.07) is 6.49. The summed E-state index contributed by atoms with van der Waals surface area (Å²) < 4.78 is 11.2. The van der Waals surface area contributed by atoms with Crippen LogP contribution in [0.25, 0.3) is 11.0 Å². The molecule has 0 atom stereocenters. The quantitative estimate of drug-likeness (QED) is 0.738. The number of nitrogens with one attached hydrogen (secondary N) is 1. The van der Waals surface area contributed by atoms with E-state index in [1.54, 1.807) is 7.11 Å². The van der Waals surface area contributed by atoms with Crippen LogP contribution in [0.3, 0.4) is 0 Å². The zero-order valence-electron chi connectivity index (χ0n) is 13.7. The second kappa shape index (κ2) is 7.62. The summed E-state index contributed by atoms with van der Waals surface area (Å²) in [6.45, 7) is 9.23. The Kier molecular flexibility index (Phi) is 5.83. The Morgan fingerprint density at radius 3 is 2.76 bits per heavy atom. The molecule has 0 saturated heterocycles. The lowest BCUT2D eigenvalue weighted by molar-refractivity contribution is 0.202. The minimum Gasteiger partial charge on any atom is -0.459 e. The molecule has 21 heavy (non-hydrogen) atoms. The molecule has 3 nitrogen and oxygen atoms in total. The van der Waals surface area contributed by atoms with Crippen LogP contribution < -0.4 is 5.32 Å². The number of benzene rings is 1. The van der Waals surface area contributed by atoms with Gasteiger partial charge in [0.25, 0.3) is 0 Å². The van der Waals surface area contributed by atoms with Crippen LogP contribution in [0.15, 0.2) is 22.6 Å². The van der Waals surface area contributed by atoms with Crippen molar-refractivity contribution in [2.75, 3.05) is 20.3 Å². The summed E-state index contributed by atoms with van der Waals surface area (Å²) in [5.41, 5.74) is 3.64. The normalized spacial score (nSPS) is 11.7. The van der Waals surface area contributed by atoms with Gasteiger partial charge in [-0.3, -0.25) is 0 Å². The van der Waals surface area contributed by atoms with Crippen LogP contribution in [-0.2, 0) is 17.7 Å². The molecule has 0 aliphatic heterocycles. The van der Waals surface area contributed by atoms with E-state index < -0.39 is 0 Å². The molecule has 1 aromatic carbocycles. The van der Waals surface area contributed by atoms with E-state index in [1.807, 2.05) is 0 Å². The van der Waals surface area contributed by atoms with Crippen LogP contribution in [0.2, 0.25) is 0 Å². The largest absolute Gasteiger partial charge is 0.459 e. The Balaban J connectivity index is 2.33. The Labute approximate surface area is 127 Å². The van der Waals surface area contributed by atoms with Crippen molar-refractivity contribution in [3.8, 4) is 0 Å². The zero-order chi connectivity index (χ0) is 15.2. The average molecular weight is 289 g/mol. The molecular weight excluding hydrogens is 262 g/mol. The molecule has 0 bridgehead atoms. The number of hydrogen-bond donors (Lipinski definition) is 1. The molecule has 116 valence electrons. The number of fused-ring (bicyclic) bond motifs is 1. The van der Waals surface area contributed by atoms with Gasteiger partial charge in [-0.25, -0.2) is 0 Å². The fraction of sp³-hybridized carbons (Fsp3) is 0.556. The van der Waals surface area contributed by atoms with Gasteiger partial charge in [-0.1, -0.05) is 26.8 Å². The van der Waals surface area contributed by atoms with E-state index in [0.717, 1.165) is 43.9 Å². The monoisotopic (exact) mass is 289 g/mol. The summed E-state index contributed by atoms with van der Waals surface area (Å²) in [5, 5.41) is 4.70. The lowest BCUT2D eigenvalue weighted by atomic mass is 9.97. The minimum absolute atomic E-state index is 0.461. The van der Waals surface area contributed by atoms with Gasteiger partial charge in [0.1, 0.15) is 11.3 Å². The van der Waals surface area contributed by atoms with Crippen molar-refractivity contribution in [3.63, 3.8) is 0 Å². The Morgan fingerprint density at radius 1 is 1.29 bits per heavy atom. The van der Waals surface area contributed by atoms with Gasteiger partial charge >= 0.3 is 0 Å². The van der Waals surface area contributed by atoms with Crippen molar-refractivity contribution in [1.82, 2.24) is 5.32 Å². The number of methoxy groups -OCH3 is 1. The first-order valence-electron chi connectivity index (χ1n) is 7.91. The van der Waals surface area contributed by atoms with Gasteiger partial charge in [-0.2, -0.15) is 0 Å². The first kappa shape index (κ1) is 16.1. The SMILES string of the molecule is CCCNCc1oc2ccc(CCOC)cc2c1C(C)C. The highest BCUT2D eigenvalue weighted by molar-refractivity contribution is 5.83. The molecule has 0 spiro atoms. The van der Waals surface area contributed by atoms with Gasteiger partial charge in [-0.15, -0.1) is 0 Å². The van der Waals surface area contributed by atoms with E-state index in [1.165, 1.54) is 16.5 Å². The summed E-state index contributed by atoms with van der Waals surface area (Å²) in [7, 11) is 1.74. The van der Waals surface area contributed by atoms with Crippen molar-refractivity contribution in [2.24, 2.45) is 0 Å². The smallest absolute Gasteiger partial charge is 0.134 e. The van der Waals surface area contributed by atoms with Gasteiger partial charge in [0.15, 0.2) is 0 Å². The van der Waals surface area contributed by atoms with Crippen molar-refractivity contribution in [1.29, 1.82) is 0 Å². The molecular formula is C18H27NO2. The Hall–Kier alpha value is -1.32. The van der Waals surface area contributed by atoms with E-state index in [2.05, 4.69) is 44.3 Å². The van der Waals surface area contributed by atoms with Crippen LogP contribution in [-0.4, -0.2) is 20.3 Å². The second-order valence-electron chi connectivity index (χ2n) is 5.84. The summed E-state index contributed by atoms with van der Waals surface area (Å²) in [6.07, 6.45) is 2.08. The molecule has 1 heterocycles. The van der Waals surface area contributed by atoms with E-state index in [9.17, 15) is 0 Å². The maximum Gasteiger partial charge on any atom is 0.134 e. The van der Waals surface area contributed by atoms with Crippen molar-refractivity contribution in [3.05, 3.63) is 35.1 Å². The Morgan fingerprint density at radius 2 is 2.10 bits per heavy atom. The van der Waals surface area contributed by atoms with Gasteiger partial charge in [0.05, 0.1) is 13.2 Å². The van der Waals surface area contributed by atoms with E-state index in [-0.39, 0.29) is 0 Å². The fourth-order valence-electron chi connectivity index (χ4n) is 2.73. The van der Waals surface area contributed by atoms with E-state index in [0.29, 0.717) is 5.92 Å². The summed E-state index contributed by atoms with van der Waals surface area (Å²) >= 11 is 0. The molecule has 0 fully saturated rings. The topological polar surface area (TPSA) is 34.4 Å². The molecule has 0 unspecified atom stereocenters. The number of furan rings is 1. The van der Waals surface area contributed by atoms with E-state index >= 15 is 0 Å². The standard InChI is InChI=1S/C18H27NO2/c1-5-9-19-12-17-18(13(2)3)15-11-14(8-10-20-4)6-7-16(15)21-17/h6-7,11,13,19H,5,8-10,12H2,1-4H3. The molecule has 0 radical (unpaired) electrons. The van der Waals surface area contributed by atoms with Gasteiger partial charge in [0, 0.05) is 18.1 Å². The number of hydrogen-bond acceptors (Lipinski definition) is 3. The Bertz CT molecular complexity index is 572. The highest BCUT2D eigenvalue weighted by Gasteiger charge is 2.17. The van der Waals surface area contributed by atoms with Gasteiger partial charge < -0.3 is 14.5 Å². The summed E-state index contributed by atoms with van der Waals surface area (Å²) in [4.78, 5) is 0. The molecule has 0 aliphatic carbocycles. The highest BCUT2D eigenvalue weighted by atomic mass is 16.5. The van der Waals surface area contributed by atoms with Crippen LogP contribution in [0.5, 0.6) is 0 Å². The second-order valence-corrected chi connectivity index (χ2v) is 5.84. The molecule has 0 saturated carbocycles. The van der Waals surface area contributed by atoms with Crippen LogP contribution in [0.1, 0.15) is 50.0 Å². The molecule has 2 aromatic rings. The van der Waals surface area contributed by atoms with Crippen LogP contribution in [0, 0.1) is 0 Å². The third-order valence-electron chi connectivity index (χ3n) is 3.75. The molecule has 0 aliphatic rings. The predicted molar refractivity (Wildman–Crippen MR) is 87.9 cm³/mol. The molecule has 0 amide bonds. The van der Waals surface area contributed by atoms with E-state index in [4.69, 9.17) is 9.15 Å². The molecule has 3 heteroatoms. The molecule has 2 rings (SSSR count).